The van der Waals surface area contributed by atoms with E-state index in [1.165, 1.54) is 6.07 Å². The fourth-order valence-electron chi connectivity index (χ4n) is 4.10. The van der Waals surface area contributed by atoms with Crippen LogP contribution in [0.1, 0.15) is 0 Å². The lowest BCUT2D eigenvalue weighted by atomic mass is 9.88. The van der Waals surface area contributed by atoms with E-state index in [-0.39, 0.29) is 21.1 Å². The van der Waals surface area contributed by atoms with Gasteiger partial charge in [0.15, 0.2) is 0 Å². The van der Waals surface area contributed by atoms with Crippen LogP contribution in [0.25, 0.3) is 43.1 Å². The Morgan fingerprint density at radius 3 is 1.93 bits per heavy atom. The Labute approximate surface area is 166 Å². The highest BCUT2D eigenvalue weighted by atomic mass is 35.5. The number of hydrogen-bond donors (Lipinski definition) is 0. The fraction of sp³-hybridized carbons (Fsp3) is 0. The van der Waals surface area contributed by atoms with Crippen molar-refractivity contribution in [2.24, 2.45) is 0 Å². The van der Waals surface area contributed by atoms with Crippen molar-refractivity contribution in [2.75, 3.05) is 0 Å². The molecule has 0 fully saturated rings. The van der Waals surface area contributed by atoms with E-state index in [9.17, 15) is 20.2 Å². The summed E-state index contributed by atoms with van der Waals surface area (Å²) >= 11 is 12.8. The number of hydrogen-bond acceptors (Lipinski definition) is 4. The largest absolute Gasteiger partial charge is 0.304 e. The van der Waals surface area contributed by atoms with Gasteiger partial charge < -0.3 is 0 Å². The molecule has 5 aromatic carbocycles. The zero-order valence-corrected chi connectivity index (χ0v) is 15.4. The van der Waals surface area contributed by atoms with Gasteiger partial charge in [-0.05, 0) is 33.0 Å². The van der Waals surface area contributed by atoms with E-state index in [4.69, 9.17) is 23.2 Å². The fourth-order valence-corrected chi connectivity index (χ4v) is 4.64. The summed E-state index contributed by atoms with van der Waals surface area (Å²) in [7, 11) is 0. The number of nitro groups is 2. The molecule has 0 heterocycles. The summed E-state index contributed by atoms with van der Waals surface area (Å²) in [6.45, 7) is 0. The number of non-ortho nitro benzene ring substituents is 1. The standard InChI is InChI=1S/C20H8Cl2N2O4/c21-18-16-12-6-2-4-9-3-1-5-10(14(9)12)11-7-8-13(23(25)26)17(15(11)16)20(19(18)22)24(27)28/h1-8H. The maximum atomic E-state index is 11.8. The predicted molar refractivity (Wildman–Crippen MR) is 111 cm³/mol. The van der Waals surface area contributed by atoms with Crippen LogP contribution in [0.15, 0.2) is 48.5 Å². The molecule has 6 nitrogen and oxygen atoms in total. The second kappa shape index (κ2) is 5.64. The van der Waals surface area contributed by atoms with E-state index in [1.807, 2.05) is 36.4 Å². The highest BCUT2D eigenvalue weighted by Crippen LogP contribution is 2.51. The first-order valence-corrected chi connectivity index (χ1v) is 8.96. The van der Waals surface area contributed by atoms with Crippen molar-refractivity contribution in [3.05, 3.63) is 78.8 Å². The molecule has 5 rings (SSSR count). The first kappa shape index (κ1) is 16.9. The maximum absolute atomic E-state index is 11.8. The molecule has 0 saturated heterocycles. The van der Waals surface area contributed by atoms with Crippen LogP contribution in [0.3, 0.4) is 0 Å². The van der Waals surface area contributed by atoms with E-state index in [2.05, 4.69) is 0 Å². The number of rotatable bonds is 2. The van der Waals surface area contributed by atoms with E-state index in [0.29, 0.717) is 16.2 Å². The summed E-state index contributed by atoms with van der Waals surface area (Å²) in [4.78, 5) is 22.1. The van der Waals surface area contributed by atoms with E-state index < -0.39 is 15.5 Å². The molecule has 0 amide bonds. The minimum Gasteiger partial charge on any atom is -0.258 e. The third-order valence-corrected chi connectivity index (χ3v) is 5.98. The molecule has 0 unspecified atom stereocenters. The number of nitro benzene ring substituents is 2. The lowest BCUT2D eigenvalue weighted by Gasteiger charge is -2.16. The van der Waals surface area contributed by atoms with Gasteiger partial charge in [-0.25, -0.2) is 0 Å². The van der Waals surface area contributed by atoms with Crippen LogP contribution in [0.4, 0.5) is 11.4 Å². The average molecular weight is 411 g/mol. The quantitative estimate of drug-likeness (QED) is 0.137. The molecule has 0 spiro atoms. The Balaban J connectivity index is 2.27. The average Bonchev–Trinajstić information content (AvgIpc) is 2.67. The molecular formula is C20H8Cl2N2O4. The van der Waals surface area contributed by atoms with Crippen LogP contribution in [-0.4, -0.2) is 9.85 Å². The molecule has 136 valence electrons. The lowest BCUT2D eigenvalue weighted by Crippen LogP contribution is -1.99. The number of halogens is 2. The van der Waals surface area contributed by atoms with Crippen LogP contribution in [0.5, 0.6) is 0 Å². The number of nitrogens with zero attached hydrogens (tertiary/aromatic N) is 2. The van der Waals surface area contributed by atoms with Gasteiger partial charge in [-0.15, -0.1) is 0 Å². The molecular weight excluding hydrogens is 403 g/mol. The lowest BCUT2D eigenvalue weighted by molar-refractivity contribution is -0.390. The molecule has 0 atom stereocenters. The first-order chi connectivity index (χ1) is 13.4. The molecule has 0 bridgehead atoms. The van der Waals surface area contributed by atoms with Gasteiger partial charge in [-0.3, -0.25) is 20.2 Å². The van der Waals surface area contributed by atoms with Gasteiger partial charge in [0.05, 0.1) is 14.9 Å². The Kier molecular flexibility index (Phi) is 3.41. The van der Waals surface area contributed by atoms with Crippen molar-refractivity contribution in [1.29, 1.82) is 0 Å². The summed E-state index contributed by atoms with van der Waals surface area (Å²) in [5, 5.41) is 28.0. The smallest absolute Gasteiger partial charge is 0.258 e. The van der Waals surface area contributed by atoms with Crippen molar-refractivity contribution in [3.63, 3.8) is 0 Å². The number of fused-ring (bicyclic) bond motifs is 2. The summed E-state index contributed by atoms with van der Waals surface area (Å²) in [6, 6.07) is 14.3. The van der Waals surface area contributed by atoms with Crippen LogP contribution in [-0.2, 0) is 0 Å². The predicted octanol–water partition coefficient (Wildman–Crippen LogP) is 6.86. The van der Waals surface area contributed by atoms with Gasteiger partial charge in [-0.2, -0.15) is 0 Å². The van der Waals surface area contributed by atoms with E-state index in [0.717, 1.165) is 21.5 Å². The second-order valence-corrected chi connectivity index (χ2v) is 7.21. The highest BCUT2D eigenvalue weighted by molar-refractivity contribution is 6.52. The third kappa shape index (κ3) is 1.99. The monoisotopic (exact) mass is 410 g/mol. The molecule has 5 aromatic rings. The highest BCUT2D eigenvalue weighted by Gasteiger charge is 2.32. The van der Waals surface area contributed by atoms with Crippen LogP contribution in [0, 0.1) is 20.2 Å². The van der Waals surface area contributed by atoms with Crippen LogP contribution < -0.4 is 0 Å². The molecule has 0 aliphatic rings. The summed E-state index contributed by atoms with van der Waals surface area (Å²) < 4.78 is 0. The van der Waals surface area contributed by atoms with Crippen molar-refractivity contribution >= 4 is 77.7 Å². The van der Waals surface area contributed by atoms with Gasteiger partial charge in [0.2, 0.25) is 0 Å². The Morgan fingerprint density at radius 2 is 1.29 bits per heavy atom. The Hall–Kier alpha value is -3.22. The Bertz CT molecular complexity index is 1490. The Morgan fingerprint density at radius 1 is 0.643 bits per heavy atom. The van der Waals surface area contributed by atoms with Crippen LogP contribution >= 0.6 is 23.2 Å². The van der Waals surface area contributed by atoms with E-state index >= 15 is 0 Å². The van der Waals surface area contributed by atoms with Gasteiger partial charge in [-0.1, -0.05) is 59.6 Å². The first-order valence-electron chi connectivity index (χ1n) is 8.20. The molecule has 0 radical (unpaired) electrons. The summed E-state index contributed by atoms with van der Waals surface area (Å²) in [5.74, 6) is 0. The topological polar surface area (TPSA) is 86.3 Å². The number of benzene rings is 5. The van der Waals surface area contributed by atoms with E-state index in [1.54, 1.807) is 6.07 Å². The SMILES string of the molecule is O=[N+]([O-])c1ccc2c3cccc4cccc(c5c(Cl)c(Cl)c([N+](=O)[O-])c1c25)c43. The minimum atomic E-state index is -0.717. The normalized spacial score (nSPS) is 11.8. The maximum Gasteiger partial charge on any atom is 0.304 e. The summed E-state index contributed by atoms with van der Waals surface area (Å²) in [5.41, 5.74) is -0.928. The molecule has 0 aromatic heterocycles. The van der Waals surface area contributed by atoms with Crippen molar-refractivity contribution in [2.45, 2.75) is 0 Å². The molecule has 0 aliphatic carbocycles. The van der Waals surface area contributed by atoms with Crippen molar-refractivity contribution in [1.82, 2.24) is 0 Å². The zero-order valence-electron chi connectivity index (χ0n) is 13.9. The van der Waals surface area contributed by atoms with Gasteiger partial charge in [0.25, 0.3) is 5.69 Å². The molecule has 0 saturated carbocycles. The molecule has 8 heteroatoms. The third-order valence-electron chi connectivity index (χ3n) is 5.13. The molecule has 0 N–H and O–H groups in total. The zero-order chi connectivity index (χ0) is 19.7. The van der Waals surface area contributed by atoms with Gasteiger partial charge in [0.1, 0.15) is 10.4 Å². The molecule has 28 heavy (non-hydrogen) atoms. The van der Waals surface area contributed by atoms with Gasteiger partial charge in [0, 0.05) is 16.8 Å². The minimum absolute atomic E-state index is 0.0182. The van der Waals surface area contributed by atoms with Crippen molar-refractivity contribution in [3.8, 4) is 0 Å². The van der Waals surface area contributed by atoms with Crippen molar-refractivity contribution < 1.29 is 9.85 Å². The van der Waals surface area contributed by atoms with Crippen LogP contribution in [0.2, 0.25) is 10.0 Å². The molecule has 0 aliphatic heterocycles. The van der Waals surface area contributed by atoms with Gasteiger partial charge >= 0.3 is 5.69 Å². The summed E-state index contributed by atoms with van der Waals surface area (Å²) in [6.07, 6.45) is 0. The second-order valence-electron chi connectivity index (χ2n) is 6.46.